The van der Waals surface area contributed by atoms with Gasteiger partial charge in [-0.25, -0.2) is 4.98 Å². The van der Waals surface area contributed by atoms with Gasteiger partial charge in [-0.1, -0.05) is 0 Å². The number of nitrogens with two attached hydrogens (primary N) is 1. The number of pyridine rings is 1. The Bertz CT molecular complexity index is 393. The Morgan fingerprint density at radius 3 is 2.85 bits per heavy atom. The van der Waals surface area contributed by atoms with Crippen molar-refractivity contribution in [2.45, 2.75) is 32.2 Å². The summed E-state index contributed by atoms with van der Waals surface area (Å²) in [4.78, 5) is 15.8. The van der Waals surface area contributed by atoms with Gasteiger partial charge in [0.25, 0.3) is 0 Å². The van der Waals surface area contributed by atoms with E-state index in [-0.39, 0.29) is 11.9 Å². The quantitative estimate of drug-likeness (QED) is 0.671. The summed E-state index contributed by atoms with van der Waals surface area (Å²) in [7, 11) is 1.61. The number of nitrogens with zero attached hydrogens (tertiary/aromatic N) is 1. The van der Waals surface area contributed by atoms with Crippen molar-refractivity contribution in [3.8, 4) is 5.88 Å². The first-order valence-electron chi connectivity index (χ1n) is 6.75. The molecule has 0 fully saturated rings. The number of ether oxygens (including phenoxy) is 2. The van der Waals surface area contributed by atoms with E-state index in [9.17, 15) is 4.79 Å². The predicted octanol–water partition coefficient (Wildman–Crippen LogP) is 1.56. The molecule has 0 saturated carbocycles. The Hall–Kier alpha value is -1.66. The Balaban J connectivity index is 2.31. The number of carbonyl (C=O) groups excluding carboxylic acids is 1. The zero-order valence-electron chi connectivity index (χ0n) is 12.1. The first-order valence-corrected chi connectivity index (χ1v) is 6.75. The standard InChI is InChI=1S/C14H23N3O3/c1-11(15)4-3-5-13(18)17-12-6-7-14(16-10-12)20-9-8-19-2/h6-7,10-11H,3-5,8-9,15H2,1-2H3,(H,17,18). The molecule has 0 spiro atoms. The van der Waals surface area contributed by atoms with Gasteiger partial charge in [0, 0.05) is 25.6 Å². The molecule has 6 heteroatoms. The highest BCUT2D eigenvalue weighted by atomic mass is 16.5. The second-order valence-electron chi connectivity index (χ2n) is 4.64. The minimum Gasteiger partial charge on any atom is -0.475 e. The molecule has 3 N–H and O–H groups in total. The van der Waals surface area contributed by atoms with Gasteiger partial charge in [0.15, 0.2) is 0 Å². The summed E-state index contributed by atoms with van der Waals surface area (Å²) in [5.41, 5.74) is 6.30. The van der Waals surface area contributed by atoms with E-state index in [1.165, 1.54) is 0 Å². The third-order valence-corrected chi connectivity index (χ3v) is 2.62. The molecule has 0 aliphatic heterocycles. The molecule has 20 heavy (non-hydrogen) atoms. The lowest BCUT2D eigenvalue weighted by Gasteiger charge is -2.08. The molecule has 1 aromatic rings. The van der Waals surface area contributed by atoms with Crippen molar-refractivity contribution in [1.82, 2.24) is 4.98 Å². The number of methoxy groups -OCH3 is 1. The molecule has 1 amide bonds. The van der Waals surface area contributed by atoms with Gasteiger partial charge in [-0.15, -0.1) is 0 Å². The van der Waals surface area contributed by atoms with E-state index in [0.717, 1.165) is 12.8 Å². The maximum absolute atomic E-state index is 11.7. The average Bonchev–Trinajstić information content (AvgIpc) is 2.40. The number of nitrogens with one attached hydrogen (secondary N) is 1. The fraction of sp³-hybridized carbons (Fsp3) is 0.571. The zero-order valence-corrected chi connectivity index (χ0v) is 12.1. The Morgan fingerprint density at radius 2 is 2.25 bits per heavy atom. The second-order valence-corrected chi connectivity index (χ2v) is 4.64. The molecule has 0 bridgehead atoms. The normalized spacial score (nSPS) is 11.9. The van der Waals surface area contributed by atoms with Crippen LogP contribution in [0.2, 0.25) is 0 Å². The fourth-order valence-electron chi connectivity index (χ4n) is 1.58. The highest BCUT2D eigenvalue weighted by molar-refractivity contribution is 5.90. The van der Waals surface area contributed by atoms with Crippen LogP contribution in [0, 0.1) is 0 Å². The number of hydrogen-bond donors (Lipinski definition) is 2. The Kier molecular flexibility index (Phi) is 7.60. The number of amides is 1. The first-order chi connectivity index (χ1) is 9.61. The van der Waals surface area contributed by atoms with E-state index in [4.69, 9.17) is 15.2 Å². The number of rotatable bonds is 9. The van der Waals surface area contributed by atoms with Crippen LogP contribution < -0.4 is 15.8 Å². The van der Waals surface area contributed by atoms with E-state index in [1.807, 2.05) is 6.92 Å². The number of anilines is 1. The van der Waals surface area contributed by atoms with Gasteiger partial charge in [0.2, 0.25) is 11.8 Å². The van der Waals surface area contributed by atoms with Crippen LogP contribution in [0.3, 0.4) is 0 Å². The van der Waals surface area contributed by atoms with Crippen molar-refractivity contribution in [2.75, 3.05) is 25.6 Å². The van der Waals surface area contributed by atoms with Crippen molar-refractivity contribution in [3.63, 3.8) is 0 Å². The highest BCUT2D eigenvalue weighted by Gasteiger charge is 2.04. The largest absolute Gasteiger partial charge is 0.475 e. The van der Waals surface area contributed by atoms with E-state index in [2.05, 4.69) is 10.3 Å². The molecule has 1 heterocycles. The fourth-order valence-corrected chi connectivity index (χ4v) is 1.58. The SMILES string of the molecule is COCCOc1ccc(NC(=O)CCCC(C)N)cn1. The summed E-state index contributed by atoms with van der Waals surface area (Å²) in [6.45, 7) is 2.90. The van der Waals surface area contributed by atoms with Gasteiger partial charge in [-0.2, -0.15) is 0 Å². The van der Waals surface area contributed by atoms with Crippen LogP contribution in [0.4, 0.5) is 5.69 Å². The topological polar surface area (TPSA) is 86.5 Å². The molecule has 0 saturated heterocycles. The lowest BCUT2D eigenvalue weighted by atomic mass is 10.1. The van der Waals surface area contributed by atoms with Crippen molar-refractivity contribution in [1.29, 1.82) is 0 Å². The first kappa shape index (κ1) is 16.4. The summed E-state index contributed by atoms with van der Waals surface area (Å²) in [6.07, 6.45) is 3.67. The molecule has 0 radical (unpaired) electrons. The van der Waals surface area contributed by atoms with Crippen LogP contribution in [-0.2, 0) is 9.53 Å². The van der Waals surface area contributed by atoms with E-state index >= 15 is 0 Å². The smallest absolute Gasteiger partial charge is 0.224 e. The van der Waals surface area contributed by atoms with Crippen LogP contribution >= 0.6 is 0 Å². The molecular weight excluding hydrogens is 258 g/mol. The van der Waals surface area contributed by atoms with Gasteiger partial charge in [0.05, 0.1) is 18.5 Å². The molecule has 0 aromatic carbocycles. The molecule has 6 nitrogen and oxygen atoms in total. The van der Waals surface area contributed by atoms with Crippen LogP contribution in [0.25, 0.3) is 0 Å². The van der Waals surface area contributed by atoms with Crippen LogP contribution in [0.15, 0.2) is 18.3 Å². The Morgan fingerprint density at radius 1 is 1.45 bits per heavy atom. The van der Waals surface area contributed by atoms with Gasteiger partial charge in [-0.3, -0.25) is 4.79 Å². The van der Waals surface area contributed by atoms with E-state index in [1.54, 1.807) is 25.4 Å². The molecule has 112 valence electrons. The van der Waals surface area contributed by atoms with Crippen LogP contribution in [-0.4, -0.2) is 37.3 Å². The van der Waals surface area contributed by atoms with E-state index in [0.29, 0.717) is 31.2 Å². The van der Waals surface area contributed by atoms with Gasteiger partial charge < -0.3 is 20.5 Å². The third kappa shape index (κ3) is 7.06. The van der Waals surface area contributed by atoms with Crippen LogP contribution in [0.5, 0.6) is 5.88 Å². The van der Waals surface area contributed by atoms with Gasteiger partial charge >= 0.3 is 0 Å². The molecule has 1 unspecified atom stereocenters. The lowest BCUT2D eigenvalue weighted by molar-refractivity contribution is -0.116. The summed E-state index contributed by atoms with van der Waals surface area (Å²) in [5.74, 6) is 0.484. The van der Waals surface area contributed by atoms with Crippen molar-refractivity contribution in [3.05, 3.63) is 18.3 Å². The maximum atomic E-state index is 11.7. The second kappa shape index (κ2) is 9.28. The van der Waals surface area contributed by atoms with Crippen molar-refractivity contribution >= 4 is 11.6 Å². The third-order valence-electron chi connectivity index (χ3n) is 2.62. The molecule has 1 rings (SSSR count). The lowest BCUT2D eigenvalue weighted by Crippen LogP contribution is -2.16. The summed E-state index contributed by atoms with van der Waals surface area (Å²) >= 11 is 0. The molecule has 1 aromatic heterocycles. The van der Waals surface area contributed by atoms with Gasteiger partial charge in [-0.05, 0) is 25.8 Å². The number of carbonyl (C=O) groups is 1. The zero-order chi connectivity index (χ0) is 14.8. The summed E-state index contributed by atoms with van der Waals surface area (Å²) < 4.78 is 10.2. The van der Waals surface area contributed by atoms with Crippen molar-refractivity contribution in [2.24, 2.45) is 5.73 Å². The van der Waals surface area contributed by atoms with Crippen molar-refractivity contribution < 1.29 is 14.3 Å². The Labute approximate surface area is 119 Å². The van der Waals surface area contributed by atoms with Gasteiger partial charge in [0.1, 0.15) is 6.61 Å². The summed E-state index contributed by atoms with van der Waals surface area (Å²) in [6, 6.07) is 3.61. The summed E-state index contributed by atoms with van der Waals surface area (Å²) in [5, 5.41) is 2.79. The maximum Gasteiger partial charge on any atom is 0.224 e. The average molecular weight is 281 g/mol. The van der Waals surface area contributed by atoms with Crippen LogP contribution in [0.1, 0.15) is 26.2 Å². The molecule has 1 atom stereocenters. The number of aromatic nitrogens is 1. The molecule has 0 aliphatic rings. The van der Waals surface area contributed by atoms with E-state index < -0.39 is 0 Å². The highest BCUT2D eigenvalue weighted by Crippen LogP contribution is 2.12. The minimum absolute atomic E-state index is 0.0273. The molecular formula is C14H23N3O3. The minimum atomic E-state index is -0.0273. The molecule has 0 aliphatic carbocycles. The number of hydrogen-bond acceptors (Lipinski definition) is 5. The predicted molar refractivity (Wildman–Crippen MR) is 77.7 cm³/mol. The monoisotopic (exact) mass is 281 g/mol.